The van der Waals surface area contributed by atoms with Crippen molar-refractivity contribution in [3.05, 3.63) is 22.8 Å². The maximum Gasteiger partial charge on any atom is 0.0702 e. The van der Waals surface area contributed by atoms with Crippen LogP contribution in [0.5, 0.6) is 0 Å². The Morgan fingerprint density at radius 3 is 2.85 bits per heavy atom. The summed E-state index contributed by atoms with van der Waals surface area (Å²) in [6.45, 7) is 1.05. The van der Waals surface area contributed by atoms with Crippen LogP contribution in [0.2, 0.25) is 0 Å². The van der Waals surface area contributed by atoms with Gasteiger partial charge in [-0.15, -0.1) is 0 Å². The maximum atomic E-state index is 8.55. The van der Waals surface area contributed by atoms with Crippen molar-refractivity contribution in [3.63, 3.8) is 0 Å². The predicted octanol–water partition coefficient (Wildman–Crippen LogP) is 1.69. The van der Waals surface area contributed by atoms with Crippen molar-refractivity contribution in [2.45, 2.75) is 6.42 Å². The number of hydrogen-bond acceptors (Lipinski definition) is 2. The van der Waals surface area contributed by atoms with Crippen LogP contribution in [-0.2, 0) is 4.74 Å². The van der Waals surface area contributed by atoms with Crippen molar-refractivity contribution < 1.29 is 9.84 Å². The van der Waals surface area contributed by atoms with Gasteiger partial charge in [0.05, 0.1) is 19.8 Å². The number of aliphatic hydroxyl groups is 1. The van der Waals surface area contributed by atoms with Gasteiger partial charge < -0.3 is 9.84 Å². The third-order valence-electron chi connectivity index (χ3n) is 2.66. The Bertz CT molecular complexity index is 258. The lowest BCUT2D eigenvalue weighted by molar-refractivity contribution is 0.105. The minimum atomic E-state index is 0.0782. The second-order valence-electron chi connectivity index (χ2n) is 3.48. The molecule has 2 atom stereocenters. The maximum absolute atomic E-state index is 8.55. The zero-order chi connectivity index (χ0) is 9.26. The van der Waals surface area contributed by atoms with Crippen molar-refractivity contribution in [1.29, 1.82) is 0 Å². The predicted molar refractivity (Wildman–Crippen MR) is 51.5 cm³/mol. The topological polar surface area (TPSA) is 29.5 Å². The SMILES string of the molecule is OCCOCC1=C(Cl)[C@H]2C=C[C@@H]1C2. The van der Waals surface area contributed by atoms with Gasteiger partial charge in [0.25, 0.3) is 0 Å². The lowest BCUT2D eigenvalue weighted by Gasteiger charge is -2.11. The van der Waals surface area contributed by atoms with Crippen molar-refractivity contribution >= 4 is 11.6 Å². The quantitative estimate of drug-likeness (QED) is 0.553. The van der Waals surface area contributed by atoms with E-state index in [9.17, 15) is 0 Å². The van der Waals surface area contributed by atoms with Crippen LogP contribution in [0.25, 0.3) is 0 Å². The first kappa shape index (κ1) is 9.25. The summed E-state index contributed by atoms with van der Waals surface area (Å²) in [5, 5.41) is 9.51. The minimum absolute atomic E-state index is 0.0782. The highest BCUT2D eigenvalue weighted by molar-refractivity contribution is 6.30. The first-order valence-corrected chi connectivity index (χ1v) is 4.96. The zero-order valence-electron chi connectivity index (χ0n) is 7.37. The van der Waals surface area contributed by atoms with Crippen molar-refractivity contribution in [3.8, 4) is 0 Å². The van der Waals surface area contributed by atoms with Gasteiger partial charge in [-0.1, -0.05) is 23.8 Å². The zero-order valence-corrected chi connectivity index (χ0v) is 8.13. The summed E-state index contributed by atoms with van der Waals surface area (Å²) in [4.78, 5) is 0. The molecule has 0 unspecified atom stereocenters. The molecule has 2 aliphatic carbocycles. The second kappa shape index (κ2) is 3.82. The fraction of sp³-hybridized carbons (Fsp3) is 0.600. The summed E-state index contributed by atoms with van der Waals surface area (Å²) in [6.07, 6.45) is 5.49. The monoisotopic (exact) mass is 200 g/mol. The van der Waals surface area contributed by atoms with Crippen LogP contribution in [0.15, 0.2) is 22.8 Å². The number of allylic oxidation sites excluding steroid dienone is 3. The van der Waals surface area contributed by atoms with E-state index in [2.05, 4.69) is 12.2 Å². The molecule has 3 heteroatoms. The Labute approximate surface area is 82.8 Å². The lowest BCUT2D eigenvalue weighted by atomic mass is 10.0. The molecular formula is C10H13ClO2. The van der Waals surface area contributed by atoms with E-state index in [1.165, 1.54) is 5.57 Å². The molecule has 0 aromatic carbocycles. The third-order valence-corrected chi connectivity index (χ3v) is 3.18. The summed E-state index contributed by atoms with van der Waals surface area (Å²) in [6, 6.07) is 0. The Balaban J connectivity index is 1.92. The summed E-state index contributed by atoms with van der Waals surface area (Å²) in [5.41, 5.74) is 1.21. The largest absolute Gasteiger partial charge is 0.394 e. The molecule has 0 saturated heterocycles. The van der Waals surface area contributed by atoms with Crippen molar-refractivity contribution in [1.82, 2.24) is 0 Å². The highest BCUT2D eigenvalue weighted by Gasteiger charge is 2.33. The number of fused-ring (bicyclic) bond motifs is 2. The number of ether oxygens (including phenoxy) is 1. The molecule has 0 radical (unpaired) electrons. The molecule has 1 N–H and O–H groups in total. The summed E-state index contributed by atoms with van der Waals surface area (Å²) in [7, 11) is 0. The van der Waals surface area contributed by atoms with E-state index < -0.39 is 0 Å². The molecule has 0 fully saturated rings. The Morgan fingerprint density at radius 1 is 1.46 bits per heavy atom. The van der Waals surface area contributed by atoms with E-state index >= 15 is 0 Å². The molecule has 0 spiro atoms. The average Bonchev–Trinajstić information content (AvgIpc) is 2.69. The Hall–Kier alpha value is -0.310. The normalized spacial score (nSPS) is 30.6. The molecule has 2 aliphatic rings. The van der Waals surface area contributed by atoms with E-state index in [0.717, 1.165) is 11.5 Å². The van der Waals surface area contributed by atoms with Crippen LogP contribution in [0.4, 0.5) is 0 Å². The fourth-order valence-corrected chi connectivity index (χ4v) is 2.34. The van der Waals surface area contributed by atoms with E-state index in [1.54, 1.807) is 0 Å². The summed E-state index contributed by atoms with van der Waals surface area (Å²) < 4.78 is 5.26. The number of aliphatic hydroxyl groups excluding tert-OH is 1. The van der Waals surface area contributed by atoms with Crippen LogP contribution in [0, 0.1) is 11.8 Å². The molecule has 13 heavy (non-hydrogen) atoms. The summed E-state index contributed by atoms with van der Waals surface area (Å²) >= 11 is 6.14. The fourth-order valence-electron chi connectivity index (χ4n) is 1.98. The van der Waals surface area contributed by atoms with Crippen LogP contribution in [-0.4, -0.2) is 24.9 Å². The van der Waals surface area contributed by atoms with Gasteiger partial charge in [-0.05, 0) is 12.0 Å². The van der Waals surface area contributed by atoms with Gasteiger partial charge in [0, 0.05) is 16.9 Å². The van der Waals surface area contributed by atoms with Gasteiger partial charge in [0.15, 0.2) is 0 Å². The van der Waals surface area contributed by atoms with Crippen molar-refractivity contribution in [2.75, 3.05) is 19.8 Å². The van der Waals surface area contributed by atoms with Gasteiger partial charge in [0.1, 0.15) is 0 Å². The molecule has 2 bridgehead atoms. The van der Waals surface area contributed by atoms with Crippen LogP contribution in [0.3, 0.4) is 0 Å². The molecule has 0 heterocycles. The Kier molecular flexibility index (Phi) is 2.72. The van der Waals surface area contributed by atoms with Gasteiger partial charge in [-0.2, -0.15) is 0 Å². The van der Waals surface area contributed by atoms with Gasteiger partial charge >= 0.3 is 0 Å². The van der Waals surface area contributed by atoms with Crippen LogP contribution < -0.4 is 0 Å². The van der Waals surface area contributed by atoms with E-state index in [0.29, 0.717) is 25.0 Å². The van der Waals surface area contributed by atoms with E-state index in [4.69, 9.17) is 21.4 Å². The molecule has 0 aliphatic heterocycles. The second-order valence-corrected chi connectivity index (χ2v) is 3.89. The number of rotatable bonds is 4. The molecule has 72 valence electrons. The molecule has 0 aromatic heterocycles. The van der Waals surface area contributed by atoms with E-state index in [-0.39, 0.29) is 6.61 Å². The first-order valence-electron chi connectivity index (χ1n) is 4.58. The number of halogens is 1. The first-order chi connectivity index (χ1) is 6.33. The standard InChI is InChI=1S/C10H13ClO2/c11-10-8-2-1-7(5-8)9(10)6-13-4-3-12/h1-2,7-8,12H,3-6H2/t7-,8+/m1/s1. The number of hydrogen-bond donors (Lipinski definition) is 1. The van der Waals surface area contributed by atoms with Crippen LogP contribution in [0.1, 0.15) is 6.42 Å². The molecule has 0 saturated carbocycles. The minimum Gasteiger partial charge on any atom is -0.394 e. The lowest BCUT2D eigenvalue weighted by Crippen LogP contribution is -2.07. The van der Waals surface area contributed by atoms with Crippen LogP contribution >= 0.6 is 11.6 Å². The highest BCUT2D eigenvalue weighted by Crippen LogP contribution is 2.45. The molecular weight excluding hydrogens is 188 g/mol. The van der Waals surface area contributed by atoms with Gasteiger partial charge in [-0.25, -0.2) is 0 Å². The Morgan fingerprint density at radius 2 is 2.23 bits per heavy atom. The molecule has 0 aromatic rings. The van der Waals surface area contributed by atoms with Gasteiger partial charge in [0.2, 0.25) is 0 Å². The molecule has 2 nitrogen and oxygen atoms in total. The molecule has 0 amide bonds. The molecule has 2 rings (SSSR count). The average molecular weight is 201 g/mol. The van der Waals surface area contributed by atoms with Crippen molar-refractivity contribution in [2.24, 2.45) is 11.8 Å². The highest BCUT2D eigenvalue weighted by atomic mass is 35.5. The third kappa shape index (κ3) is 1.66. The van der Waals surface area contributed by atoms with E-state index in [1.807, 2.05) is 0 Å². The van der Waals surface area contributed by atoms with Gasteiger partial charge in [-0.3, -0.25) is 0 Å². The smallest absolute Gasteiger partial charge is 0.0702 e. The summed E-state index contributed by atoms with van der Waals surface area (Å²) in [5.74, 6) is 0.940.